The van der Waals surface area contributed by atoms with E-state index in [0.29, 0.717) is 12.0 Å². The number of rotatable bonds is 7. The average Bonchev–Trinajstić information content (AvgIpc) is 2.87. The number of hydrogen-bond donors (Lipinski definition) is 0. The minimum atomic E-state index is -1.32. The van der Waals surface area contributed by atoms with Crippen molar-refractivity contribution in [1.82, 2.24) is 0 Å². The molecular weight excluding hydrogens is 287 g/mol. The van der Waals surface area contributed by atoms with Gasteiger partial charge in [0.25, 0.3) is 0 Å². The van der Waals surface area contributed by atoms with E-state index in [-0.39, 0.29) is 5.78 Å². The minimum absolute atomic E-state index is 0.251. The number of ketones is 1. The molecule has 23 heavy (non-hydrogen) atoms. The smallest absolute Gasteiger partial charge is 0.162 e. The van der Waals surface area contributed by atoms with E-state index in [1.165, 1.54) is 11.1 Å². The molecule has 0 heterocycles. The molecule has 1 nitrogen and oxygen atoms in total. The van der Waals surface area contributed by atoms with E-state index in [4.69, 9.17) is 0 Å². The molecule has 0 bridgehead atoms. The zero-order valence-corrected chi connectivity index (χ0v) is 14.7. The minimum Gasteiger partial charge on any atom is -0.294 e. The van der Waals surface area contributed by atoms with Crippen molar-refractivity contribution in [3.05, 3.63) is 58.2 Å². The molecule has 1 aliphatic rings. The third kappa shape index (κ3) is 4.40. The third-order valence-electron chi connectivity index (χ3n) is 4.59. The largest absolute Gasteiger partial charge is 0.294 e. The van der Waals surface area contributed by atoms with Gasteiger partial charge in [0.05, 0.1) is 0 Å². The average molecular weight is 314 g/mol. The molecule has 0 aliphatic heterocycles. The Kier molecular flexibility index (Phi) is 5.56. The van der Waals surface area contributed by atoms with Crippen LogP contribution in [0.1, 0.15) is 64.5 Å². The Bertz CT molecular complexity index is 644. The molecule has 0 N–H and O–H groups in total. The first-order chi connectivity index (χ1) is 10.8. The van der Waals surface area contributed by atoms with Crippen LogP contribution in [0.4, 0.5) is 4.39 Å². The molecule has 0 radical (unpaired) electrons. The van der Waals surface area contributed by atoms with E-state index in [0.717, 1.165) is 36.8 Å². The van der Waals surface area contributed by atoms with E-state index in [1.54, 1.807) is 13.8 Å². The van der Waals surface area contributed by atoms with E-state index < -0.39 is 5.67 Å². The molecule has 124 valence electrons. The van der Waals surface area contributed by atoms with Gasteiger partial charge in [0, 0.05) is 12.0 Å². The summed E-state index contributed by atoms with van der Waals surface area (Å²) in [7, 11) is 0. The zero-order valence-electron chi connectivity index (χ0n) is 14.7. The van der Waals surface area contributed by atoms with Crippen LogP contribution in [0.25, 0.3) is 0 Å². The highest BCUT2D eigenvalue weighted by molar-refractivity contribution is 6.00. The number of aryl methyl sites for hydroxylation is 1. The number of alkyl halides is 1. The Hall–Kier alpha value is -1.70. The Labute approximate surface area is 139 Å². The predicted molar refractivity (Wildman–Crippen MR) is 94.2 cm³/mol. The lowest BCUT2D eigenvalue weighted by atomic mass is 9.94. The molecule has 1 aromatic carbocycles. The second kappa shape index (κ2) is 7.25. The van der Waals surface area contributed by atoms with Crippen LogP contribution in [0, 0.1) is 0 Å². The first-order valence-electron chi connectivity index (χ1n) is 8.53. The second-order valence-electron chi connectivity index (χ2n) is 6.88. The van der Waals surface area contributed by atoms with E-state index >= 15 is 0 Å². The first kappa shape index (κ1) is 17.7. The van der Waals surface area contributed by atoms with Crippen molar-refractivity contribution < 1.29 is 9.18 Å². The van der Waals surface area contributed by atoms with Gasteiger partial charge in [-0.05, 0) is 63.2 Å². The van der Waals surface area contributed by atoms with Crippen LogP contribution in [0.5, 0.6) is 0 Å². The van der Waals surface area contributed by atoms with Gasteiger partial charge in [-0.1, -0.05) is 42.8 Å². The molecule has 0 amide bonds. The van der Waals surface area contributed by atoms with Crippen LogP contribution in [0.3, 0.4) is 0 Å². The fourth-order valence-corrected chi connectivity index (χ4v) is 3.19. The summed E-state index contributed by atoms with van der Waals surface area (Å²) in [6, 6.07) is 7.64. The highest BCUT2D eigenvalue weighted by atomic mass is 19.1. The summed E-state index contributed by atoms with van der Waals surface area (Å²) >= 11 is 0. The normalized spacial score (nSPS) is 15.1. The lowest BCUT2D eigenvalue weighted by Gasteiger charge is -2.15. The zero-order chi connectivity index (χ0) is 17.0. The third-order valence-corrected chi connectivity index (χ3v) is 4.59. The highest BCUT2D eigenvalue weighted by Crippen LogP contribution is 2.30. The van der Waals surface area contributed by atoms with Crippen LogP contribution in [0.2, 0.25) is 0 Å². The molecule has 2 heteroatoms. The standard InChI is InChI=1S/C21H27FO/c1-5-18-15(2)12-13-19(18)20(23)11-7-9-16-8-6-10-17(14-16)21(3,4)22/h6,8,10,13-14H,5,7,9,11-12H2,1-4H3. The van der Waals surface area contributed by atoms with Crippen LogP contribution >= 0.6 is 0 Å². The molecule has 0 saturated heterocycles. The Morgan fingerprint density at radius 3 is 2.70 bits per heavy atom. The van der Waals surface area contributed by atoms with Crippen LogP contribution < -0.4 is 0 Å². The van der Waals surface area contributed by atoms with Crippen molar-refractivity contribution in [2.75, 3.05) is 0 Å². The molecule has 0 spiro atoms. The van der Waals surface area contributed by atoms with E-state index in [9.17, 15) is 9.18 Å². The van der Waals surface area contributed by atoms with Crippen molar-refractivity contribution in [2.45, 2.75) is 65.5 Å². The topological polar surface area (TPSA) is 17.1 Å². The van der Waals surface area contributed by atoms with Gasteiger partial charge in [-0.3, -0.25) is 4.79 Å². The summed E-state index contributed by atoms with van der Waals surface area (Å²) in [5.74, 6) is 0.251. The fourth-order valence-electron chi connectivity index (χ4n) is 3.19. The van der Waals surface area contributed by atoms with Crippen molar-refractivity contribution in [1.29, 1.82) is 0 Å². The monoisotopic (exact) mass is 314 g/mol. The lowest BCUT2D eigenvalue weighted by molar-refractivity contribution is -0.115. The number of Topliss-reactive ketones (excluding diaryl/α,β-unsaturated/α-hetero) is 1. The van der Waals surface area contributed by atoms with Crippen molar-refractivity contribution in [2.24, 2.45) is 0 Å². The summed E-state index contributed by atoms with van der Waals surface area (Å²) in [4.78, 5) is 12.4. The highest BCUT2D eigenvalue weighted by Gasteiger charge is 2.20. The maximum absolute atomic E-state index is 14.0. The summed E-state index contributed by atoms with van der Waals surface area (Å²) in [5, 5.41) is 0. The predicted octanol–water partition coefficient (Wildman–Crippen LogP) is 5.84. The Balaban J connectivity index is 1.92. The molecular formula is C21H27FO. The molecule has 0 aromatic heterocycles. The summed E-state index contributed by atoms with van der Waals surface area (Å²) in [6.07, 6.45) is 6.10. The van der Waals surface area contributed by atoms with Gasteiger partial charge in [0.15, 0.2) is 5.78 Å². The SMILES string of the molecule is CCC1=C(C)CC=C1C(=O)CCCc1cccc(C(C)(C)F)c1. The van der Waals surface area contributed by atoms with E-state index in [1.807, 2.05) is 24.3 Å². The summed E-state index contributed by atoms with van der Waals surface area (Å²) < 4.78 is 14.0. The lowest BCUT2D eigenvalue weighted by Crippen LogP contribution is -2.09. The van der Waals surface area contributed by atoms with Gasteiger partial charge < -0.3 is 0 Å². The number of benzene rings is 1. The van der Waals surface area contributed by atoms with Gasteiger partial charge >= 0.3 is 0 Å². The number of halogens is 1. The van der Waals surface area contributed by atoms with Crippen molar-refractivity contribution >= 4 is 5.78 Å². The summed E-state index contributed by atoms with van der Waals surface area (Å²) in [6.45, 7) is 7.36. The molecule has 1 aliphatic carbocycles. The number of hydrogen-bond acceptors (Lipinski definition) is 1. The van der Waals surface area contributed by atoms with Gasteiger partial charge in [-0.2, -0.15) is 0 Å². The van der Waals surface area contributed by atoms with E-state index in [2.05, 4.69) is 19.9 Å². The van der Waals surface area contributed by atoms with Crippen molar-refractivity contribution in [3.8, 4) is 0 Å². The maximum atomic E-state index is 14.0. The molecule has 0 unspecified atom stereocenters. The van der Waals surface area contributed by atoms with Gasteiger partial charge in [0.1, 0.15) is 5.67 Å². The fraction of sp³-hybridized carbons (Fsp3) is 0.476. The molecule has 0 fully saturated rings. The maximum Gasteiger partial charge on any atom is 0.162 e. The molecule has 0 saturated carbocycles. The van der Waals surface area contributed by atoms with Crippen LogP contribution in [-0.2, 0) is 16.9 Å². The Morgan fingerprint density at radius 1 is 1.30 bits per heavy atom. The summed E-state index contributed by atoms with van der Waals surface area (Å²) in [5.41, 5.74) is 3.97. The van der Waals surface area contributed by atoms with Crippen LogP contribution in [0.15, 0.2) is 47.1 Å². The molecule has 2 rings (SSSR count). The Morgan fingerprint density at radius 2 is 2.04 bits per heavy atom. The molecule has 0 atom stereocenters. The van der Waals surface area contributed by atoms with Crippen LogP contribution in [-0.4, -0.2) is 5.78 Å². The number of carbonyl (C=O) groups is 1. The van der Waals surface area contributed by atoms with Gasteiger partial charge in [-0.25, -0.2) is 4.39 Å². The first-order valence-corrected chi connectivity index (χ1v) is 8.53. The quantitative estimate of drug-likeness (QED) is 0.618. The second-order valence-corrected chi connectivity index (χ2v) is 6.88. The number of carbonyl (C=O) groups excluding carboxylic acids is 1. The molecule has 1 aromatic rings. The number of allylic oxidation sites excluding steroid dienone is 4. The van der Waals surface area contributed by atoms with Gasteiger partial charge in [0.2, 0.25) is 0 Å². The van der Waals surface area contributed by atoms with Crippen molar-refractivity contribution in [3.63, 3.8) is 0 Å². The van der Waals surface area contributed by atoms with Gasteiger partial charge in [-0.15, -0.1) is 0 Å².